The number of nitrogens with two attached hydrogens (primary N) is 1. The van der Waals surface area contributed by atoms with E-state index in [-0.39, 0.29) is 24.3 Å². The minimum Gasteiger partial charge on any atom is -0.494 e. The quantitative estimate of drug-likeness (QED) is 0.337. The first-order chi connectivity index (χ1) is 8.54. The highest BCUT2D eigenvalue weighted by atomic mass is 16.6. The molecular weight excluding hydrogens is 240 g/mol. The van der Waals surface area contributed by atoms with Gasteiger partial charge in [-0.2, -0.15) is 0 Å². The molecule has 2 N–H and O–H groups in total. The van der Waals surface area contributed by atoms with Crippen molar-refractivity contribution in [2.45, 2.75) is 12.8 Å². The maximum absolute atomic E-state index is 10.7. The lowest BCUT2D eigenvalue weighted by Crippen LogP contribution is -2.11. The molecule has 7 heteroatoms. The van der Waals surface area contributed by atoms with Crippen LogP contribution in [-0.2, 0) is 4.79 Å². The molecular formula is C11H12N2O5. The molecule has 0 saturated heterocycles. The molecule has 0 spiro atoms. The fourth-order valence-electron chi connectivity index (χ4n) is 1.32. The number of nitro benzene ring substituents is 1. The van der Waals surface area contributed by atoms with E-state index in [4.69, 9.17) is 10.5 Å². The van der Waals surface area contributed by atoms with Gasteiger partial charge >= 0.3 is 0 Å². The third-order valence-electron chi connectivity index (χ3n) is 2.16. The van der Waals surface area contributed by atoms with Gasteiger partial charge in [-0.05, 0) is 18.6 Å². The number of primary amides is 1. The number of hydrogen-bond donors (Lipinski definition) is 1. The summed E-state index contributed by atoms with van der Waals surface area (Å²) in [4.78, 5) is 31.1. The van der Waals surface area contributed by atoms with Gasteiger partial charge in [0.25, 0.3) is 5.69 Å². The van der Waals surface area contributed by atoms with E-state index in [9.17, 15) is 19.7 Å². The van der Waals surface area contributed by atoms with Crippen molar-refractivity contribution in [3.8, 4) is 5.75 Å². The lowest BCUT2D eigenvalue weighted by molar-refractivity contribution is -0.385. The summed E-state index contributed by atoms with van der Waals surface area (Å²) in [6.45, 7) is 0.249. The van der Waals surface area contributed by atoms with Crippen LogP contribution in [-0.4, -0.2) is 23.7 Å². The summed E-state index contributed by atoms with van der Waals surface area (Å²) in [6.07, 6.45) is 1.05. The number of ether oxygens (including phenoxy) is 1. The molecule has 0 heterocycles. The molecule has 0 aliphatic heterocycles. The molecule has 0 saturated carbocycles. The Morgan fingerprint density at radius 3 is 2.78 bits per heavy atom. The second-order valence-corrected chi connectivity index (χ2v) is 3.51. The van der Waals surface area contributed by atoms with Crippen LogP contribution < -0.4 is 10.5 Å². The largest absolute Gasteiger partial charge is 0.494 e. The lowest BCUT2D eigenvalue weighted by Gasteiger charge is -2.05. The van der Waals surface area contributed by atoms with Crippen molar-refractivity contribution >= 4 is 17.9 Å². The first-order valence-electron chi connectivity index (χ1n) is 5.19. The van der Waals surface area contributed by atoms with Gasteiger partial charge in [-0.25, -0.2) is 0 Å². The summed E-state index contributed by atoms with van der Waals surface area (Å²) in [5, 5.41) is 10.6. The third-order valence-corrected chi connectivity index (χ3v) is 2.16. The molecule has 0 unspecified atom stereocenters. The monoisotopic (exact) mass is 252 g/mol. The van der Waals surface area contributed by atoms with E-state index in [1.807, 2.05) is 0 Å². The van der Waals surface area contributed by atoms with Crippen LogP contribution in [0, 0.1) is 10.1 Å². The van der Waals surface area contributed by atoms with Gasteiger partial charge < -0.3 is 10.5 Å². The molecule has 1 aromatic carbocycles. The Bertz CT molecular complexity index is 473. The van der Waals surface area contributed by atoms with Gasteiger partial charge in [0, 0.05) is 12.5 Å². The predicted octanol–water partition coefficient (Wildman–Crippen LogP) is 1.05. The molecule has 18 heavy (non-hydrogen) atoms. The number of rotatable bonds is 7. The molecule has 1 aromatic rings. The zero-order valence-corrected chi connectivity index (χ0v) is 9.50. The van der Waals surface area contributed by atoms with Gasteiger partial charge in [0.2, 0.25) is 5.91 Å². The van der Waals surface area contributed by atoms with E-state index in [0.717, 1.165) is 0 Å². The first-order valence-corrected chi connectivity index (χ1v) is 5.19. The molecule has 1 rings (SSSR count). The second-order valence-electron chi connectivity index (χ2n) is 3.51. The smallest absolute Gasteiger partial charge is 0.280 e. The average molecular weight is 252 g/mol. The first kappa shape index (κ1) is 13.6. The van der Waals surface area contributed by atoms with Crippen LogP contribution in [0.2, 0.25) is 0 Å². The summed E-state index contributed by atoms with van der Waals surface area (Å²) in [5.41, 5.74) is 4.64. The normalized spacial score (nSPS) is 9.78. The van der Waals surface area contributed by atoms with Crippen molar-refractivity contribution in [3.63, 3.8) is 0 Å². The Hall–Kier alpha value is -2.44. The number of nitro groups is 1. The van der Waals surface area contributed by atoms with E-state index in [1.54, 1.807) is 0 Å². The van der Waals surface area contributed by atoms with Crippen molar-refractivity contribution in [2.24, 2.45) is 5.73 Å². The van der Waals surface area contributed by atoms with E-state index in [2.05, 4.69) is 0 Å². The second kappa shape index (κ2) is 6.33. The van der Waals surface area contributed by atoms with Crippen molar-refractivity contribution < 1.29 is 19.2 Å². The summed E-state index contributed by atoms with van der Waals surface area (Å²) in [7, 11) is 0. The van der Waals surface area contributed by atoms with Crippen molar-refractivity contribution in [3.05, 3.63) is 33.9 Å². The van der Waals surface area contributed by atoms with Crippen molar-refractivity contribution in [1.82, 2.24) is 0 Å². The molecule has 0 bridgehead atoms. The van der Waals surface area contributed by atoms with Crippen LogP contribution in [0.15, 0.2) is 18.2 Å². The predicted molar refractivity (Wildman–Crippen MR) is 62.4 cm³/mol. The fraction of sp³-hybridized carbons (Fsp3) is 0.273. The molecule has 96 valence electrons. The number of amides is 1. The molecule has 7 nitrogen and oxygen atoms in total. The molecule has 0 fully saturated rings. The molecule has 1 amide bonds. The summed E-state index contributed by atoms with van der Waals surface area (Å²) in [5.74, 6) is -0.0805. The number of nitrogens with zero attached hydrogens (tertiary/aromatic N) is 1. The number of hydrogen-bond acceptors (Lipinski definition) is 5. The van der Waals surface area contributed by atoms with E-state index in [1.165, 1.54) is 18.2 Å². The topological polar surface area (TPSA) is 113 Å². The summed E-state index contributed by atoms with van der Waals surface area (Å²) >= 11 is 0. The Morgan fingerprint density at radius 2 is 2.22 bits per heavy atom. The maximum Gasteiger partial charge on any atom is 0.280 e. The van der Waals surface area contributed by atoms with Gasteiger partial charge in [0.1, 0.15) is 5.75 Å². The highest BCUT2D eigenvalue weighted by Crippen LogP contribution is 2.22. The Morgan fingerprint density at radius 1 is 1.50 bits per heavy atom. The van der Waals surface area contributed by atoms with Crippen LogP contribution in [0.25, 0.3) is 0 Å². The SMILES string of the molecule is NC(=O)CCCOc1ccc([N+](=O)[O-])c(C=O)c1. The highest BCUT2D eigenvalue weighted by Gasteiger charge is 2.13. The van der Waals surface area contributed by atoms with Crippen LogP contribution in [0.4, 0.5) is 5.69 Å². The number of benzene rings is 1. The number of carbonyl (C=O) groups is 2. The minimum atomic E-state index is -0.638. The van der Waals surface area contributed by atoms with Gasteiger partial charge in [-0.1, -0.05) is 0 Å². The minimum absolute atomic E-state index is 0.0487. The van der Waals surface area contributed by atoms with E-state index in [0.29, 0.717) is 18.5 Å². The molecule has 0 atom stereocenters. The van der Waals surface area contributed by atoms with Gasteiger partial charge in [0.05, 0.1) is 17.1 Å². The van der Waals surface area contributed by atoms with E-state index < -0.39 is 10.8 Å². The van der Waals surface area contributed by atoms with Gasteiger partial charge in [0.15, 0.2) is 6.29 Å². The van der Waals surface area contributed by atoms with Gasteiger partial charge in [-0.3, -0.25) is 19.7 Å². The van der Waals surface area contributed by atoms with Crippen molar-refractivity contribution in [2.75, 3.05) is 6.61 Å². The third kappa shape index (κ3) is 3.85. The number of aldehydes is 1. The zero-order chi connectivity index (χ0) is 13.5. The van der Waals surface area contributed by atoms with Crippen LogP contribution >= 0.6 is 0 Å². The Kier molecular flexibility index (Phi) is 4.79. The summed E-state index contributed by atoms with van der Waals surface area (Å²) < 4.78 is 5.24. The fourth-order valence-corrected chi connectivity index (χ4v) is 1.32. The maximum atomic E-state index is 10.7. The lowest BCUT2D eigenvalue weighted by atomic mass is 10.2. The highest BCUT2D eigenvalue weighted by molar-refractivity contribution is 5.82. The van der Waals surface area contributed by atoms with Gasteiger partial charge in [-0.15, -0.1) is 0 Å². The van der Waals surface area contributed by atoms with Crippen LogP contribution in [0.3, 0.4) is 0 Å². The average Bonchev–Trinajstić information content (AvgIpc) is 2.33. The summed E-state index contributed by atoms with van der Waals surface area (Å²) in [6, 6.07) is 3.89. The molecule has 0 radical (unpaired) electrons. The van der Waals surface area contributed by atoms with Crippen LogP contribution in [0.1, 0.15) is 23.2 Å². The van der Waals surface area contributed by atoms with Crippen LogP contribution in [0.5, 0.6) is 5.75 Å². The number of carbonyl (C=O) groups excluding carboxylic acids is 2. The molecule has 0 aliphatic rings. The van der Waals surface area contributed by atoms with Crippen molar-refractivity contribution in [1.29, 1.82) is 0 Å². The molecule has 0 aromatic heterocycles. The van der Waals surface area contributed by atoms with E-state index >= 15 is 0 Å². The Balaban J connectivity index is 2.65. The standard InChI is InChI=1S/C11H12N2O5/c12-11(15)2-1-5-18-9-3-4-10(13(16)17)8(6-9)7-14/h3-4,6-7H,1-2,5H2,(H2,12,15). The Labute approximate surface area is 103 Å². The zero-order valence-electron chi connectivity index (χ0n) is 9.50. The molecule has 0 aliphatic carbocycles.